The zero-order valence-corrected chi connectivity index (χ0v) is 12.8. The number of halogens is 1. The summed E-state index contributed by atoms with van der Waals surface area (Å²) in [6.07, 6.45) is 0. The van der Waals surface area contributed by atoms with Crippen LogP contribution >= 0.6 is 0 Å². The molecule has 0 spiro atoms. The average Bonchev–Trinajstić information content (AvgIpc) is 2.57. The van der Waals surface area contributed by atoms with Gasteiger partial charge in [0.2, 0.25) is 0 Å². The summed E-state index contributed by atoms with van der Waals surface area (Å²) >= 11 is 0. The van der Waals surface area contributed by atoms with Gasteiger partial charge in [0.15, 0.2) is 0 Å². The smallest absolute Gasteiger partial charge is 0.127 e. The van der Waals surface area contributed by atoms with Crippen molar-refractivity contribution >= 4 is 0 Å². The van der Waals surface area contributed by atoms with E-state index < -0.39 is 0 Å². The second-order valence-electron chi connectivity index (χ2n) is 5.52. The molecule has 1 saturated heterocycles. The summed E-state index contributed by atoms with van der Waals surface area (Å²) in [4.78, 5) is 2.31. The zero-order valence-electron chi connectivity index (χ0n) is 12.8. The highest BCUT2D eigenvalue weighted by Gasteiger charge is 2.26. The third-order valence-electron chi connectivity index (χ3n) is 4.18. The van der Waals surface area contributed by atoms with Crippen LogP contribution in [-0.2, 0) is 6.54 Å². The minimum absolute atomic E-state index is 0.139. The molecule has 2 aromatic rings. The number of rotatable bonds is 4. The van der Waals surface area contributed by atoms with E-state index in [-0.39, 0.29) is 11.9 Å². The Morgan fingerprint density at radius 3 is 2.77 bits per heavy atom. The van der Waals surface area contributed by atoms with Gasteiger partial charge in [-0.3, -0.25) is 4.90 Å². The highest BCUT2D eigenvalue weighted by molar-refractivity contribution is 5.36. The van der Waals surface area contributed by atoms with E-state index in [1.165, 1.54) is 6.07 Å². The average molecular weight is 300 g/mol. The molecule has 0 saturated carbocycles. The maximum Gasteiger partial charge on any atom is 0.127 e. The Labute approximate surface area is 130 Å². The van der Waals surface area contributed by atoms with Gasteiger partial charge in [0.05, 0.1) is 13.2 Å². The number of hydrogen-bond acceptors (Lipinski definition) is 3. The van der Waals surface area contributed by atoms with Gasteiger partial charge in [-0.25, -0.2) is 4.39 Å². The molecule has 22 heavy (non-hydrogen) atoms. The molecule has 0 aromatic heterocycles. The van der Waals surface area contributed by atoms with Gasteiger partial charge in [-0.05, 0) is 12.1 Å². The van der Waals surface area contributed by atoms with Crippen LogP contribution in [0.1, 0.15) is 17.2 Å². The largest absolute Gasteiger partial charge is 0.496 e. The van der Waals surface area contributed by atoms with Crippen LogP contribution in [0.5, 0.6) is 5.75 Å². The van der Waals surface area contributed by atoms with Crippen molar-refractivity contribution in [2.75, 3.05) is 26.7 Å². The number of para-hydroxylation sites is 1. The first-order chi connectivity index (χ1) is 10.8. The number of nitrogens with one attached hydrogen (secondary N) is 1. The van der Waals surface area contributed by atoms with Crippen LogP contribution in [0.2, 0.25) is 0 Å². The van der Waals surface area contributed by atoms with Gasteiger partial charge >= 0.3 is 0 Å². The first-order valence-electron chi connectivity index (χ1n) is 7.60. The normalized spacial score (nSPS) is 19.1. The summed E-state index contributed by atoms with van der Waals surface area (Å²) < 4.78 is 19.4. The predicted octanol–water partition coefficient (Wildman–Crippen LogP) is 2.98. The number of piperazine rings is 1. The molecule has 116 valence electrons. The van der Waals surface area contributed by atoms with Gasteiger partial charge in [-0.15, -0.1) is 0 Å². The van der Waals surface area contributed by atoms with Gasteiger partial charge in [-0.1, -0.05) is 36.4 Å². The minimum atomic E-state index is -0.139. The number of methoxy groups -OCH3 is 1. The van der Waals surface area contributed by atoms with E-state index >= 15 is 0 Å². The Morgan fingerprint density at radius 2 is 1.95 bits per heavy atom. The standard InChI is InChI=1S/C18H21FN2O/c1-22-18-9-5-3-7-15(18)17-12-20-10-11-21(17)13-14-6-2-4-8-16(14)19/h2-9,17,20H,10-13H2,1H3. The van der Waals surface area contributed by atoms with Crippen molar-refractivity contribution in [3.05, 3.63) is 65.5 Å². The number of nitrogens with zero attached hydrogens (tertiary/aromatic N) is 1. The lowest BCUT2D eigenvalue weighted by Crippen LogP contribution is -2.45. The fraction of sp³-hybridized carbons (Fsp3) is 0.333. The number of benzene rings is 2. The molecule has 3 rings (SSSR count). The lowest BCUT2D eigenvalue weighted by atomic mass is 10.0. The number of ether oxygens (including phenoxy) is 1. The molecule has 0 amide bonds. The van der Waals surface area contributed by atoms with Gasteiger partial charge < -0.3 is 10.1 Å². The van der Waals surface area contributed by atoms with E-state index in [0.29, 0.717) is 6.54 Å². The van der Waals surface area contributed by atoms with Crippen LogP contribution in [0.15, 0.2) is 48.5 Å². The SMILES string of the molecule is COc1ccccc1C1CNCCN1Cc1ccccc1F. The minimum Gasteiger partial charge on any atom is -0.496 e. The van der Waals surface area contributed by atoms with Crippen molar-refractivity contribution in [1.82, 2.24) is 10.2 Å². The fourth-order valence-corrected chi connectivity index (χ4v) is 3.03. The van der Waals surface area contributed by atoms with E-state index in [2.05, 4.69) is 16.3 Å². The first-order valence-corrected chi connectivity index (χ1v) is 7.60. The Balaban J connectivity index is 1.87. The molecule has 1 aliphatic heterocycles. The van der Waals surface area contributed by atoms with E-state index in [4.69, 9.17) is 4.74 Å². The molecule has 1 fully saturated rings. The Morgan fingerprint density at radius 1 is 1.18 bits per heavy atom. The van der Waals surface area contributed by atoms with Crippen molar-refractivity contribution in [3.8, 4) is 5.75 Å². The Kier molecular flexibility index (Phi) is 4.71. The van der Waals surface area contributed by atoms with Crippen molar-refractivity contribution in [1.29, 1.82) is 0 Å². The van der Waals surface area contributed by atoms with Crippen molar-refractivity contribution in [2.45, 2.75) is 12.6 Å². The van der Waals surface area contributed by atoms with Gasteiger partial charge in [-0.2, -0.15) is 0 Å². The van der Waals surface area contributed by atoms with Crippen LogP contribution in [0.25, 0.3) is 0 Å². The van der Waals surface area contributed by atoms with Gasteiger partial charge in [0, 0.05) is 37.3 Å². The summed E-state index contributed by atoms with van der Waals surface area (Å²) in [6, 6.07) is 15.2. The van der Waals surface area contributed by atoms with E-state index in [9.17, 15) is 4.39 Å². The van der Waals surface area contributed by atoms with Crippen molar-refractivity contribution in [2.24, 2.45) is 0 Å². The molecule has 1 unspecified atom stereocenters. The van der Waals surface area contributed by atoms with Gasteiger partial charge in [0.25, 0.3) is 0 Å². The highest BCUT2D eigenvalue weighted by Crippen LogP contribution is 2.31. The van der Waals surface area contributed by atoms with E-state index in [0.717, 1.165) is 36.5 Å². The monoisotopic (exact) mass is 300 g/mol. The highest BCUT2D eigenvalue weighted by atomic mass is 19.1. The molecule has 0 radical (unpaired) electrons. The van der Waals surface area contributed by atoms with Crippen LogP contribution < -0.4 is 10.1 Å². The molecule has 1 atom stereocenters. The lowest BCUT2D eigenvalue weighted by molar-refractivity contribution is 0.149. The lowest BCUT2D eigenvalue weighted by Gasteiger charge is -2.37. The summed E-state index contributed by atoms with van der Waals surface area (Å²) in [6.45, 7) is 3.25. The van der Waals surface area contributed by atoms with Crippen LogP contribution in [0.4, 0.5) is 4.39 Å². The molecule has 0 aliphatic carbocycles. The van der Waals surface area contributed by atoms with E-state index in [1.807, 2.05) is 30.3 Å². The van der Waals surface area contributed by atoms with Crippen molar-refractivity contribution < 1.29 is 9.13 Å². The second kappa shape index (κ2) is 6.90. The van der Waals surface area contributed by atoms with Crippen molar-refractivity contribution in [3.63, 3.8) is 0 Å². The summed E-state index contributed by atoms with van der Waals surface area (Å²) in [5.74, 6) is 0.745. The van der Waals surface area contributed by atoms with Gasteiger partial charge in [0.1, 0.15) is 11.6 Å². The molecule has 2 aromatic carbocycles. The Hall–Kier alpha value is -1.91. The molecule has 1 heterocycles. The third-order valence-corrected chi connectivity index (χ3v) is 4.18. The predicted molar refractivity (Wildman–Crippen MR) is 85.4 cm³/mol. The fourth-order valence-electron chi connectivity index (χ4n) is 3.03. The maximum atomic E-state index is 14.0. The summed E-state index contributed by atoms with van der Waals surface area (Å²) in [7, 11) is 1.69. The molecule has 0 bridgehead atoms. The molecular formula is C18H21FN2O. The molecule has 1 aliphatic rings. The second-order valence-corrected chi connectivity index (χ2v) is 5.52. The number of hydrogen-bond donors (Lipinski definition) is 1. The quantitative estimate of drug-likeness (QED) is 0.939. The van der Waals surface area contributed by atoms with Crippen LogP contribution in [0, 0.1) is 5.82 Å². The van der Waals surface area contributed by atoms with E-state index in [1.54, 1.807) is 13.2 Å². The Bertz CT molecular complexity index is 632. The first kappa shape index (κ1) is 15.0. The summed E-state index contributed by atoms with van der Waals surface area (Å²) in [5, 5.41) is 3.42. The van der Waals surface area contributed by atoms with Crippen LogP contribution in [-0.4, -0.2) is 31.6 Å². The molecular weight excluding hydrogens is 279 g/mol. The molecule has 1 N–H and O–H groups in total. The molecule has 3 nitrogen and oxygen atoms in total. The molecule has 4 heteroatoms. The maximum absolute atomic E-state index is 14.0. The zero-order chi connectivity index (χ0) is 15.4. The van der Waals surface area contributed by atoms with Crippen LogP contribution in [0.3, 0.4) is 0 Å². The summed E-state index contributed by atoms with van der Waals surface area (Å²) in [5.41, 5.74) is 1.89. The topological polar surface area (TPSA) is 24.5 Å². The third kappa shape index (κ3) is 3.13.